The first-order valence-corrected chi connectivity index (χ1v) is 6.13. The lowest BCUT2D eigenvalue weighted by Gasteiger charge is -2.02. The van der Waals surface area contributed by atoms with Gasteiger partial charge in [-0.25, -0.2) is 0 Å². The Labute approximate surface area is 112 Å². The minimum absolute atomic E-state index is 0.202. The predicted octanol–water partition coefficient (Wildman–Crippen LogP) is 0.498. The standard InChI is InChI=1S/C16H10O4/c1-7-5-9-10(6-8(7)2)16(20)14-12(18)4-3-11(17)13(14)15(9)19/h3-6H,1-2H3. The first-order valence-electron chi connectivity index (χ1n) is 6.13. The van der Waals surface area contributed by atoms with Crippen LogP contribution in [0.3, 0.4) is 0 Å². The normalized spacial score (nSPS) is 11.3. The van der Waals surface area contributed by atoms with Crippen LogP contribution in [0.15, 0.2) is 43.4 Å². The van der Waals surface area contributed by atoms with Crippen LogP contribution >= 0.6 is 0 Å². The molecular weight excluding hydrogens is 256 g/mol. The van der Waals surface area contributed by atoms with Crippen molar-refractivity contribution >= 4 is 10.8 Å². The zero-order chi connectivity index (χ0) is 14.6. The van der Waals surface area contributed by atoms with Crippen molar-refractivity contribution in [3.8, 4) is 0 Å². The van der Waals surface area contributed by atoms with Gasteiger partial charge < -0.3 is 0 Å². The molecule has 98 valence electrons. The van der Waals surface area contributed by atoms with Crippen molar-refractivity contribution in [3.63, 3.8) is 0 Å². The van der Waals surface area contributed by atoms with Crippen molar-refractivity contribution in [3.05, 3.63) is 86.7 Å². The highest BCUT2D eigenvalue weighted by atomic mass is 16.1. The Morgan fingerprint density at radius 3 is 1.35 bits per heavy atom. The predicted molar refractivity (Wildman–Crippen MR) is 76.2 cm³/mol. The highest BCUT2D eigenvalue weighted by molar-refractivity contribution is 5.84. The smallest absolute Gasteiger partial charge is 0.198 e. The van der Waals surface area contributed by atoms with Crippen LogP contribution in [0.1, 0.15) is 11.1 Å². The van der Waals surface area contributed by atoms with E-state index in [0.717, 1.165) is 23.3 Å². The first kappa shape index (κ1) is 12.4. The summed E-state index contributed by atoms with van der Waals surface area (Å²) in [6.45, 7) is 3.65. The number of hydrogen-bond donors (Lipinski definition) is 0. The molecule has 2 aliphatic carbocycles. The van der Waals surface area contributed by atoms with E-state index in [2.05, 4.69) is 0 Å². The molecule has 0 bridgehead atoms. The fourth-order valence-electron chi connectivity index (χ4n) is 2.48. The Kier molecular flexibility index (Phi) is 2.44. The van der Waals surface area contributed by atoms with E-state index in [1.165, 1.54) is 0 Å². The fourth-order valence-corrected chi connectivity index (χ4v) is 2.48. The van der Waals surface area contributed by atoms with Crippen LogP contribution in [-0.2, 0) is 0 Å². The van der Waals surface area contributed by atoms with Crippen molar-refractivity contribution in [2.45, 2.75) is 13.8 Å². The fraction of sp³-hybridized carbons (Fsp3) is 0.125. The van der Waals surface area contributed by atoms with Crippen molar-refractivity contribution in [2.24, 2.45) is 0 Å². The summed E-state index contributed by atoms with van der Waals surface area (Å²) in [6.07, 6.45) is 0. The van der Waals surface area contributed by atoms with E-state index in [-0.39, 0.29) is 21.2 Å². The van der Waals surface area contributed by atoms with Gasteiger partial charge in [0, 0.05) is 10.8 Å². The van der Waals surface area contributed by atoms with Gasteiger partial charge in [0.1, 0.15) is 0 Å². The SMILES string of the molecule is Cc1cc2c(=O)c3c(=O)ccc(=O)c=3c(=O)c2cc1C. The monoisotopic (exact) mass is 266 g/mol. The van der Waals surface area contributed by atoms with Gasteiger partial charge in [-0.2, -0.15) is 0 Å². The molecule has 0 atom stereocenters. The summed E-state index contributed by atoms with van der Waals surface area (Å²) in [5.41, 5.74) is -0.525. The maximum Gasteiger partial charge on any atom is 0.198 e. The molecule has 3 rings (SSSR count). The average Bonchev–Trinajstić information content (AvgIpc) is 2.41. The Hall–Kier alpha value is -2.62. The van der Waals surface area contributed by atoms with Gasteiger partial charge in [-0.3, -0.25) is 19.2 Å². The molecule has 1 aromatic rings. The average molecular weight is 266 g/mol. The van der Waals surface area contributed by atoms with E-state index in [4.69, 9.17) is 0 Å². The van der Waals surface area contributed by atoms with Gasteiger partial charge in [-0.15, -0.1) is 0 Å². The molecule has 0 N–H and O–H groups in total. The van der Waals surface area contributed by atoms with Crippen LogP contribution in [0.2, 0.25) is 0 Å². The maximum atomic E-state index is 12.4. The van der Waals surface area contributed by atoms with Gasteiger partial charge in [0.2, 0.25) is 0 Å². The highest BCUT2D eigenvalue weighted by Gasteiger charge is 2.13. The molecule has 4 heteroatoms. The van der Waals surface area contributed by atoms with Crippen molar-refractivity contribution in [1.29, 1.82) is 0 Å². The van der Waals surface area contributed by atoms with Gasteiger partial charge in [-0.05, 0) is 49.2 Å². The van der Waals surface area contributed by atoms with E-state index < -0.39 is 21.7 Å². The summed E-state index contributed by atoms with van der Waals surface area (Å²) >= 11 is 0. The summed E-state index contributed by atoms with van der Waals surface area (Å²) in [5.74, 6) is 0. The second kappa shape index (κ2) is 3.93. The van der Waals surface area contributed by atoms with Crippen molar-refractivity contribution in [2.75, 3.05) is 0 Å². The molecule has 1 aromatic carbocycles. The summed E-state index contributed by atoms with van der Waals surface area (Å²) in [6, 6.07) is 5.28. The van der Waals surface area contributed by atoms with Crippen molar-refractivity contribution in [1.82, 2.24) is 0 Å². The molecule has 0 aliphatic heterocycles. The van der Waals surface area contributed by atoms with E-state index in [0.29, 0.717) is 0 Å². The Morgan fingerprint density at radius 1 is 0.650 bits per heavy atom. The van der Waals surface area contributed by atoms with Crippen molar-refractivity contribution < 1.29 is 0 Å². The van der Waals surface area contributed by atoms with Gasteiger partial charge in [-0.1, -0.05) is 0 Å². The molecule has 0 amide bonds. The summed E-state index contributed by atoms with van der Waals surface area (Å²) < 4.78 is 0. The van der Waals surface area contributed by atoms with Crippen LogP contribution in [0.5, 0.6) is 0 Å². The van der Waals surface area contributed by atoms with E-state index >= 15 is 0 Å². The number of rotatable bonds is 0. The summed E-state index contributed by atoms with van der Waals surface area (Å²) in [4.78, 5) is 48.4. The first-order chi connectivity index (χ1) is 9.41. The van der Waals surface area contributed by atoms with Crippen LogP contribution < -0.4 is 21.7 Å². The second-order valence-corrected chi connectivity index (χ2v) is 4.95. The number of benzene rings is 1. The van der Waals surface area contributed by atoms with E-state index in [9.17, 15) is 19.2 Å². The Morgan fingerprint density at radius 2 is 1.00 bits per heavy atom. The van der Waals surface area contributed by atoms with Crippen LogP contribution in [0.25, 0.3) is 10.8 Å². The third-order valence-corrected chi connectivity index (χ3v) is 3.71. The van der Waals surface area contributed by atoms with Gasteiger partial charge in [0.25, 0.3) is 0 Å². The molecule has 0 fully saturated rings. The minimum atomic E-state index is -0.582. The molecule has 0 radical (unpaired) electrons. The lowest BCUT2D eigenvalue weighted by Crippen LogP contribution is -2.27. The highest BCUT2D eigenvalue weighted by Crippen LogP contribution is 2.13. The molecular formula is C16H10O4. The van der Waals surface area contributed by atoms with Gasteiger partial charge in [0.05, 0.1) is 10.4 Å². The van der Waals surface area contributed by atoms with E-state index in [1.807, 2.05) is 13.8 Å². The molecule has 0 saturated carbocycles. The molecule has 0 saturated heterocycles. The molecule has 0 unspecified atom stereocenters. The molecule has 4 nitrogen and oxygen atoms in total. The zero-order valence-electron chi connectivity index (χ0n) is 10.9. The molecule has 0 aromatic heterocycles. The minimum Gasteiger partial charge on any atom is -0.289 e. The third kappa shape index (κ3) is 1.48. The Balaban J connectivity index is 2.93. The lowest BCUT2D eigenvalue weighted by atomic mass is 9.99. The number of aryl methyl sites for hydroxylation is 2. The molecule has 2 aliphatic rings. The topological polar surface area (TPSA) is 68.3 Å². The lowest BCUT2D eigenvalue weighted by molar-refractivity contribution is 1.29. The van der Waals surface area contributed by atoms with Crippen LogP contribution in [0.4, 0.5) is 0 Å². The largest absolute Gasteiger partial charge is 0.289 e. The third-order valence-electron chi connectivity index (χ3n) is 3.71. The molecule has 0 heterocycles. The summed E-state index contributed by atoms with van der Waals surface area (Å²) in [5, 5.41) is -0.182. The van der Waals surface area contributed by atoms with E-state index in [1.54, 1.807) is 12.1 Å². The van der Waals surface area contributed by atoms with Crippen LogP contribution in [0, 0.1) is 24.3 Å². The van der Waals surface area contributed by atoms with Gasteiger partial charge in [0.15, 0.2) is 21.7 Å². The summed E-state index contributed by atoms with van der Waals surface area (Å²) in [7, 11) is 0. The second-order valence-electron chi connectivity index (χ2n) is 4.95. The molecule has 0 spiro atoms. The molecule has 20 heavy (non-hydrogen) atoms. The van der Waals surface area contributed by atoms with Crippen LogP contribution in [-0.4, -0.2) is 0 Å². The maximum absolute atomic E-state index is 12.4. The zero-order valence-corrected chi connectivity index (χ0v) is 10.9. The number of hydrogen-bond acceptors (Lipinski definition) is 4. The quantitative estimate of drug-likeness (QED) is 0.594. The Bertz CT molecular complexity index is 1040. The van der Waals surface area contributed by atoms with Gasteiger partial charge >= 0.3 is 0 Å². The number of fused-ring (bicyclic) bond motifs is 1.